The summed E-state index contributed by atoms with van der Waals surface area (Å²) < 4.78 is 0. The van der Waals surface area contributed by atoms with Crippen molar-refractivity contribution in [3.8, 4) is 0 Å². The van der Waals surface area contributed by atoms with Gasteiger partial charge >= 0.3 is 0 Å². The molecule has 0 aromatic carbocycles. The number of hydrogen-bond acceptors (Lipinski definition) is 3. The molecule has 0 amide bonds. The summed E-state index contributed by atoms with van der Waals surface area (Å²) >= 11 is 1.72. The summed E-state index contributed by atoms with van der Waals surface area (Å²) in [6.45, 7) is 6.97. The van der Waals surface area contributed by atoms with Crippen LogP contribution in [0.4, 0.5) is 0 Å². The Bertz CT molecular complexity index is 257. The van der Waals surface area contributed by atoms with Crippen molar-refractivity contribution in [2.45, 2.75) is 38.6 Å². The summed E-state index contributed by atoms with van der Waals surface area (Å²) in [5.74, 6) is 0. The third kappa shape index (κ3) is 5.09. The highest BCUT2D eigenvalue weighted by Crippen LogP contribution is 2.14. The van der Waals surface area contributed by atoms with Gasteiger partial charge in [0, 0.05) is 11.6 Å². The van der Waals surface area contributed by atoms with Gasteiger partial charge in [0.05, 0.1) is 6.04 Å². The lowest BCUT2D eigenvalue weighted by Crippen LogP contribution is -2.19. The lowest BCUT2D eigenvalue weighted by molar-refractivity contribution is 0.538. The van der Waals surface area contributed by atoms with E-state index in [4.69, 9.17) is 0 Å². The van der Waals surface area contributed by atoms with Gasteiger partial charge in [-0.3, -0.25) is 0 Å². The zero-order valence-corrected chi connectivity index (χ0v) is 10.2. The maximum absolute atomic E-state index is 4.29. The maximum Gasteiger partial charge on any atom is 0.109 e. The summed E-state index contributed by atoms with van der Waals surface area (Å²) in [6, 6.07) is 0.393. The molecule has 0 saturated heterocycles. The number of hydrogen-bond donors (Lipinski definition) is 1. The normalized spacial score (nSPS) is 12.6. The van der Waals surface area contributed by atoms with Crippen LogP contribution < -0.4 is 5.32 Å². The first-order chi connectivity index (χ1) is 7.34. The van der Waals surface area contributed by atoms with E-state index in [1.54, 1.807) is 11.3 Å². The quantitative estimate of drug-likeness (QED) is 0.539. The second kappa shape index (κ2) is 7.60. The number of thiazole rings is 1. The van der Waals surface area contributed by atoms with Gasteiger partial charge in [0.25, 0.3) is 0 Å². The molecule has 0 spiro atoms. The van der Waals surface area contributed by atoms with Crippen molar-refractivity contribution in [2.24, 2.45) is 0 Å². The Morgan fingerprint density at radius 3 is 3.07 bits per heavy atom. The Morgan fingerprint density at radius 2 is 2.40 bits per heavy atom. The van der Waals surface area contributed by atoms with Crippen LogP contribution in [0.1, 0.15) is 43.7 Å². The average Bonchev–Trinajstić information content (AvgIpc) is 2.76. The summed E-state index contributed by atoms with van der Waals surface area (Å²) in [7, 11) is 0. The average molecular weight is 224 g/mol. The molecule has 1 N–H and O–H groups in total. The zero-order valence-electron chi connectivity index (χ0n) is 9.41. The number of nitrogens with zero attached hydrogens (tertiary/aromatic N) is 1. The van der Waals surface area contributed by atoms with Gasteiger partial charge in [-0.15, -0.1) is 17.9 Å². The monoisotopic (exact) mass is 224 g/mol. The second-order valence-corrected chi connectivity index (χ2v) is 4.61. The van der Waals surface area contributed by atoms with E-state index in [1.807, 2.05) is 17.7 Å². The van der Waals surface area contributed by atoms with Crippen LogP contribution in [0.3, 0.4) is 0 Å². The van der Waals surface area contributed by atoms with Crippen LogP contribution in [-0.2, 0) is 0 Å². The molecule has 3 heteroatoms. The van der Waals surface area contributed by atoms with Crippen LogP contribution >= 0.6 is 11.3 Å². The Labute approximate surface area is 96.4 Å². The molecule has 1 aromatic rings. The summed E-state index contributed by atoms with van der Waals surface area (Å²) in [6.07, 6.45) is 8.78. The fourth-order valence-electron chi connectivity index (χ4n) is 1.44. The first-order valence-electron chi connectivity index (χ1n) is 5.58. The molecule has 1 aromatic heterocycles. The third-order valence-electron chi connectivity index (χ3n) is 2.36. The first-order valence-corrected chi connectivity index (χ1v) is 6.46. The number of allylic oxidation sites excluding steroid dienone is 1. The van der Waals surface area contributed by atoms with Crippen LogP contribution in [0, 0.1) is 0 Å². The first kappa shape index (κ1) is 12.4. The zero-order chi connectivity index (χ0) is 10.9. The molecule has 0 aliphatic carbocycles. The van der Waals surface area contributed by atoms with E-state index in [2.05, 4.69) is 23.8 Å². The molecule has 0 fully saturated rings. The van der Waals surface area contributed by atoms with Gasteiger partial charge in [-0.25, -0.2) is 4.98 Å². The Morgan fingerprint density at radius 1 is 1.53 bits per heavy atom. The largest absolute Gasteiger partial charge is 0.308 e. The van der Waals surface area contributed by atoms with Crippen molar-refractivity contribution >= 4 is 11.3 Å². The highest BCUT2D eigenvalue weighted by atomic mass is 32.1. The number of unbranched alkanes of at least 4 members (excludes halogenated alkanes) is 3. The number of nitrogens with one attached hydrogen (secondary N) is 1. The maximum atomic E-state index is 4.29. The van der Waals surface area contributed by atoms with E-state index in [0.29, 0.717) is 6.04 Å². The molecular formula is C12H20N2S. The van der Waals surface area contributed by atoms with Crippen molar-refractivity contribution in [2.75, 3.05) is 6.54 Å². The number of rotatable bonds is 8. The molecule has 1 rings (SSSR count). The number of aromatic nitrogens is 1. The molecule has 15 heavy (non-hydrogen) atoms. The summed E-state index contributed by atoms with van der Waals surface area (Å²) in [5.41, 5.74) is 0. The predicted octanol–water partition coefficient (Wildman–Crippen LogP) is 3.54. The summed E-state index contributed by atoms with van der Waals surface area (Å²) in [4.78, 5) is 4.29. The van der Waals surface area contributed by atoms with E-state index in [-0.39, 0.29) is 0 Å². The molecule has 0 radical (unpaired) electrons. The molecule has 0 aliphatic heterocycles. The lowest BCUT2D eigenvalue weighted by atomic mass is 10.2. The van der Waals surface area contributed by atoms with Gasteiger partial charge in [-0.1, -0.05) is 12.5 Å². The van der Waals surface area contributed by atoms with Crippen LogP contribution in [0.25, 0.3) is 0 Å². The van der Waals surface area contributed by atoms with Gasteiger partial charge < -0.3 is 5.32 Å². The Balaban J connectivity index is 2.02. The van der Waals surface area contributed by atoms with E-state index in [0.717, 1.165) is 13.0 Å². The predicted molar refractivity (Wildman–Crippen MR) is 67.2 cm³/mol. The minimum absolute atomic E-state index is 0.393. The standard InChI is InChI=1S/C12H20N2S/c1-3-4-5-6-7-8-13-11(2)12-14-9-10-15-12/h3,9-11,13H,1,4-8H2,2H3. The van der Waals surface area contributed by atoms with Gasteiger partial charge in [-0.05, 0) is 32.7 Å². The van der Waals surface area contributed by atoms with E-state index in [1.165, 1.54) is 24.3 Å². The smallest absolute Gasteiger partial charge is 0.109 e. The van der Waals surface area contributed by atoms with E-state index < -0.39 is 0 Å². The van der Waals surface area contributed by atoms with Gasteiger partial charge in [-0.2, -0.15) is 0 Å². The van der Waals surface area contributed by atoms with Crippen LogP contribution in [0.15, 0.2) is 24.2 Å². The highest BCUT2D eigenvalue weighted by Gasteiger charge is 2.05. The van der Waals surface area contributed by atoms with Crippen molar-refractivity contribution in [1.82, 2.24) is 10.3 Å². The van der Waals surface area contributed by atoms with Crippen LogP contribution in [0.5, 0.6) is 0 Å². The molecule has 2 nitrogen and oxygen atoms in total. The van der Waals surface area contributed by atoms with E-state index in [9.17, 15) is 0 Å². The van der Waals surface area contributed by atoms with Gasteiger partial charge in [0.15, 0.2) is 0 Å². The third-order valence-corrected chi connectivity index (χ3v) is 3.32. The van der Waals surface area contributed by atoms with Crippen molar-refractivity contribution in [3.05, 3.63) is 29.2 Å². The Hall–Kier alpha value is -0.670. The summed E-state index contributed by atoms with van der Waals surface area (Å²) in [5, 5.41) is 6.69. The van der Waals surface area contributed by atoms with Crippen LogP contribution in [-0.4, -0.2) is 11.5 Å². The molecule has 84 valence electrons. The minimum atomic E-state index is 0.393. The topological polar surface area (TPSA) is 24.9 Å². The fourth-order valence-corrected chi connectivity index (χ4v) is 2.11. The molecule has 0 bridgehead atoms. The molecule has 1 unspecified atom stereocenters. The van der Waals surface area contributed by atoms with Crippen LogP contribution in [0.2, 0.25) is 0 Å². The van der Waals surface area contributed by atoms with E-state index >= 15 is 0 Å². The minimum Gasteiger partial charge on any atom is -0.308 e. The second-order valence-electron chi connectivity index (χ2n) is 3.68. The van der Waals surface area contributed by atoms with Crippen molar-refractivity contribution in [3.63, 3.8) is 0 Å². The van der Waals surface area contributed by atoms with Crippen molar-refractivity contribution < 1.29 is 0 Å². The molecular weight excluding hydrogens is 204 g/mol. The molecule has 1 atom stereocenters. The lowest BCUT2D eigenvalue weighted by Gasteiger charge is -2.10. The molecule has 1 heterocycles. The Kier molecular flexibility index (Phi) is 6.28. The van der Waals surface area contributed by atoms with Gasteiger partial charge in [0.2, 0.25) is 0 Å². The van der Waals surface area contributed by atoms with Crippen molar-refractivity contribution in [1.29, 1.82) is 0 Å². The SMILES string of the molecule is C=CCCCCCNC(C)c1nccs1. The molecule has 0 saturated carbocycles. The fraction of sp³-hybridized carbons (Fsp3) is 0.583. The highest BCUT2D eigenvalue weighted by molar-refractivity contribution is 7.09. The molecule has 0 aliphatic rings. The van der Waals surface area contributed by atoms with Gasteiger partial charge in [0.1, 0.15) is 5.01 Å².